The van der Waals surface area contributed by atoms with Gasteiger partial charge in [-0.2, -0.15) is 0 Å². The quantitative estimate of drug-likeness (QED) is 0.778. The minimum atomic E-state index is -0.826. The maximum absolute atomic E-state index is 13.1. The molecule has 2 rings (SSSR count). The van der Waals surface area contributed by atoms with Crippen molar-refractivity contribution in [1.82, 2.24) is 0 Å². The highest BCUT2D eigenvalue weighted by molar-refractivity contribution is 5.72. The van der Waals surface area contributed by atoms with E-state index in [1.807, 2.05) is 0 Å². The van der Waals surface area contributed by atoms with Gasteiger partial charge in [0, 0.05) is 5.92 Å². The van der Waals surface area contributed by atoms with E-state index in [9.17, 15) is 9.18 Å². The smallest absolute Gasteiger partial charge is 0.307 e. The van der Waals surface area contributed by atoms with Crippen molar-refractivity contribution in [2.75, 3.05) is 0 Å². The molecule has 0 heterocycles. The Morgan fingerprint density at radius 3 is 2.81 bits per heavy atom. The average Bonchev–Trinajstić information content (AvgIpc) is 2.60. The van der Waals surface area contributed by atoms with Crippen molar-refractivity contribution in [3.63, 3.8) is 0 Å². The highest BCUT2D eigenvalue weighted by Gasteiger charge is 2.35. The number of hydrogen-bond donors (Lipinski definition) is 1. The summed E-state index contributed by atoms with van der Waals surface area (Å²) in [4.78, 5) is 11.1. The molecule has 1 saturated carbocycles. The maximum atomic E-state index is 13.1. The predicted molar refractivity (Wildman–Crippen MR) is 58.6 cm³/mol. The molecule has 0 saturated heterocycles. The van der Waals surface area contributed by atoms with Crippen molar-refractivity contribution in [2.45, 2.75) is 18.8 Å². The van der Waals surface area contributed by atoms with Crippen LogP contribution in [0.5, 0.6) is 0 Å². The average molecular weight is 220 g/mol. The molecule has 1 aromatic rings. The van der Waals surface area contributed by atoms with Gasteiger partial charge in [0.2, 0.25) is 0 Å². The van der Waals surface area contributed by atoms with E-state index in [2.05, 4.69) is 6.58 Å². The van der Waals surface area contributed by atoms with E-state index >= 15 is 0 Å². The van der Waals surface area contributed by atoms with Gasteiger partial charge in [-0.15, -0.1) is 0 Å². The molecule has 2 unspecified atom stereocenters. The molecular formula is C13H13FO2. The van der Waals surface area contributed by atoms with E-state index in [1.54, 1.807) is 12.1 Å². The SMILES string of the molecule is C=C1CC(C(=O)O)C(c2cccc(F)c2)C1. The standard InChI is InChI=1S/C13H13FO2/c1-8-5-11(12(6-8)13(15)16)9-3-2-4-10(14)7-9/h2-4,7,11-12H,1,5-6H2,(H,15,16). The summed E-state index contributed by atoms with van der Waals surface area (Å²) < 4.78 is 13.1. The molecule has 1 aliphatic rings. The van der Waals surface area contributed by atoms with Gasteiger partial charge in [-0.1, -0.05) is 24.3 Å². The Hall–Kier alpha value is -1.64. The summed E-state index contributed by atoms with van der Waals surface area (Å²) in [6, 6.07) is 6.18. The fourth-order valence-corrected chi connectivity index (χ4v) is 2.34. The third kappa shape index (κ3) is 1.98. The molecule has 1 aromatic carbocycles. The second-order valence-electron chi connectivity index (χ2n) is 4.26. The van der Waals surface area contributed by atoms with Crippen LogP contribution in [0, 0.1) is 11.7 Å². The first-order chi connectivity index (χ1) is 7.58. The van der Waals surface area contributed by atoms with E-state index in [1.165, 1.54) is 12.1 Å². The number of aliphatic carboxylic acids is 1. The summed E-state index contributed by atoms with van der Waals surface area (Å²) in [7, 11) is 0. The lowest BCUT2D eigenvalue weighted by Gasteiger charge is -2.15. The Morgan fingerprint density at radius 1 is 1.44 bits per heavy atom. The minimum Gasteiger partial charge on any atom is -0.481 e. The molecule has 2 nitrogen and oxygen atoms in total. The highest BCUT2D eigenvalue weighted by atomic mass is 19.1. The van der Waals surface area contributed by atoms with Gasteiger partial charge in [0.1, 0.15) is 5.82 Å². The third-order valence-electron chi connectivity index (χ3n) is 3.10. The maximum Gasteiger partial charge on any atom is 0.307 e. The Bertz CT molecular complexity index is 439. The van der Waals surface area contributed by atoms with Gasteiger partial charge in [-0.05, 0) is 30.5 Å². The summed E-state index contributed by atoms with van der Waals surface area (Å²) in [6.07, 6.45) is 1.14. The van der Waals surface area contributed by atoms with Crippen LogP contribution in [0.1, 0.15) is 24.3 Å². The fourth-order valence-electron chi connectivity index (χ4n) is 2.34. The molecule has 0 amide bonds. The lowest BCUT2D eigenvalue weighted by Crippen LogP contribution is -2.16. The Kier molecular flexibility index (Phi) is 2.77. The number of carboxylic acids is 1. The van der Waals surface area contributed by atoms with Crippen molar-refractivity contribution in [1.29, 1.82) is 0 Å². The van der Waals surface area contributed by atoms with E-state index < -0.39 is 11.9 Å². The molecule has 0 aliphatic heterocycles. The van der Waals surface area contributed by atoms with Crippen molar-refractivity contribution in [3.8, 4) is 0 Å². The number of benzene rings is 1. The minimum absolute atomic E-state index is 0.138. The van der Waals surface area contributed by atoms with Crippen LogP contribution in [0.15, 0.2) is 36.4 Å². The fraction of sp³-hybridized carbons (Fsp3) is 0.308. The topological polar surface area (TPSA) is 37.3 Å². The molecular weight excluding hydrogens is 207 g/mol. The van der Waals surface area contributed by atoms with E-state index in [-0.39, 0.29) is 11.7 Å². The normalized spacial score (nSPS) is 24.7. The molecule has 2 atom stereocenters. The first kappa shape index (κ1) is 10.9. The zero-order chi connectivity index (χ0) is 11.7. The molecule has 84 valence electrons. The van der Waals surface area contributed by atoms with Crippen molar-refractivity contribution >= 4 is 5.97 Å². The molecule has 0 aromatic heterocycles. The summed E-state index contributed by atoms with van der Waals surface area (Å²) in [6.45, 7) is 3.83. The molecule has 16 heavy (non-hydrogen) atoms. The van der Waals surface area contributed by atoms with Gasteiger partial charge in [-0.25, -0.2) is 4.39 Å². The lowest BCUT2D eigenvalue weighted by molar-refractivity contribution is -0.141. The number of hydrogen-bond acceptors (Lipinski definition) is 1. The van der Waals surface area contributed by atoms with Crippen LogP contribution in [-0.2, 0) is 4.79 Å². The largest absolute Gasteiger partial charge is 0.481 e. The number of allylic oxidation sites excluding steroid dienone is 1. The third-order valence-corrected chi connectivity index (χ3v) is 3.10. The van der Waals surface area contributed by atoms with Crippen LogP contribution in [0.2, 0.25) is 0 Å². The van der Waals surface area contributed by atoms with Crippen LogP contribution in [0.25, 0.3) is 0 Å². The van der Waals surface area contributed by atoms with Crippen molar-refractivity contribution in [3.05, 3.63) is 47.8 Å². The Morgan fingerprint density at radius 2 is 2.19 bits per heavy atom. The highest BCUT2D eigenvalue weighted by Crippen LogP contribution is 2.42. The van der Waals surface area contributed by atoms with Gasteiger partial charge in [0.15, 0.2) is 0 Å². The Balaban J connectivity index is 2.32. The zero-order valence-corrected chi connectivity index (χ0v) is 8.82. The summed E-state index contributed by atoms with van der Waals surface area (Å²) >= 11 is 0. The molecule has 1 fully saturated rings. The van der Waals surface area contributed by atoms with Crippen molar-refractivity contribution in [2.24, 2.45) is 5.92 Å². The molecule has 1 N–H and O–H groups in total. The van der Waals surface area contributed by atoms with Crippen LogP contribution in [-0.4, -0.2) is 11.1 Å². The Labute approximate surface area is 93.4 Å². The van der Waals surface area contributed by atoms with Crippen LogP contribution >= 0.6 is 0 Å². The molecule has 1 aliphatic carbocycles. The summed E-state index contributed by atoms with van der Waals surface area (Å²) in [5.74, 6) is -1.75. The van der Waals surface area contributed by atoms with Gasteiger partial charge >= 0.3 is 5.97 Å². The molecule has 0 radical (unpaired) electrons. The first-order valence-electron chi connectivity index (χ1n) is 5.23. The number of carboxylic acid groups (broad SMARTS) is 1. The van der Waals surface area contributed by atoms with Gasteiger partial charge in [0.25, 0.3) is 0 Å². The zero-order valence-electron chi connectivity index (χ0n) is 8.82. The van der Waals surface area contributed by atoms with E-state index in [0.29, 0.717) is 12.8 Å². The van der Waals surface area contributed by atoms with Gasteiger partial charge in [-0.3, -0.25) is 4.79 Å². The van der Waals surface area contributed by atoms with E-state index in [0.717, 1.165) is 11.1 Å². The second-order valence-corrected chi connectivity index (χ2v) is 4.26. The molecule has 0 spiro atoms. The van der Waals surface area contributed by atoms with Crippen LogP contribution in [0.4, 0.5) is 4.39 Å². The van der Waals surface area contributed by atoms with Gasteiger partial charge < -0.3 is 5.11 Å². The summed E-state index contributed by atoms with van der Waals surface area (Å²) in [5, 5.41) is 9.10. The van der Waals surface area contributed by atoms with Gasteiger partial charge in [0.05, 0.1) is 5.92 Å². The molecule has 0 bridgehead atoms. The monoisotopic (exact) mass is 220 g/mol. The van der Waals surface area contributed by atoms with Crippen LogP contribution < -0.4 is 0 Å². The number of carbonyl (C=O) groups is 1. The van der Waals surface area contributed by atoms with Crippen molar-refractivity contribution < 1.29 is 14.3 Å². The summed E-state index contributed by atoms with van der Waals surface area (Å²) in [5.41, 5.74) is 1.69. The predicted octanol–water partition coefficient (Wildman–Crippen LogP) is 2.96. The lowest BCUT2D eigenvalue weighted by atomic mass is 9.89. The first-order valence-corrected chi connectivity index (χ1v) is 5.23. The molecule has 3 heteroatoms. The van der Waals surface area contributed by atoms with E-state index in [4.69, 9.17) is 5.11 Å². The second kappa shape index (κ2) is 4.08. The number of halogens is 1. The van der Waals surface area contributed by atoms with Crippen LogP contribution in [0.3, 0.4) is 0 Å². The number of rotatable bonds is 2.